The second-order valence-corrected chi connectivity index (χ2v) is 8.61. The molecule has 0 saturated carbocycles. The Hall–Kier alpha value is -3.30. The van der Waals surface area contributed by atoms with Crippen LogP contribution in [-0.2, 0) is 4.79 Å². The molecule has 1 aliphatic rings. The number of piperidine rings is 1. The van der Waals surface area contributed by atoms with Gasteiger partial charge in [0.2, 0.25) is 0 Å². The Balaban J connectivity index is 1.96. The minimum Gasteiger partial charge on any atom is -0.481 e. The molecule has 2 aromatic rings. The van der Waals surface area contributed by atoms with Gasteiger partial charge in [-0.25, -0.2) is 9.78 Å². The van der Waals surface area contributed by atoms with Crippen molar-refractivity contribution in [2.24, 2.45) is 11.8 Å². The van der Waals surface area contributed by atoms with Crippen LogP contribution in [0, 0.1) is 11.8 Å². The number of alkyl halides is 3. The SMILES string of the molecule is CC1CC(C)CN(c2ccc(C(CC(=O)O)C(F)(F)F)cc2NC(=O)Nc2ccccn2)C1. The highest BCUT2D eigenvalue weighted by atomic mass is 19.4. The maximum absolute atomic E-state index is 13.6. The molecule has 3 rings (SSSR count). The third-order valence-electron chi connectivity index (χ3n) is 5.56. The number of pyridine rings is 1. The Morgan fingerprint density at radius 3 is 2.42 bits per heavy atom. The Kier molecular flexibility index (Phi) is 7.45. The smallest absolute Gasteiger partial charge is 0.396 e. The molecule has 0 radical (unpaired) electrons. The number of carbonyl (C=O) groups excluding carboxylic acids is 1. The fourth-order valence-corrected chi connectivity index (χ4v) is 4.31. The Morgan fingerprint density at radius 1 is 1.15 bits per heavy atom. The molecule has 0 spiro atoms. The number of urea groups is 1. The second kappa shape index (κ2) is 10.1. The van der Waals surface area contributed by atoms with Crippen LogP contribution in [0.2, 0.25) is 0 Å². The van der Waals surface area contributed by atoms with Crippen molar-refractivity contribution in [3.8, 4) is 0 Å². The fourth-order valence-electron chi connectivity index (χ4n) is 4.31. The molecule has 1 aliphatic heterocycles. The zero-order valence-corrected chi connectivity index (χ0v) is 18.4. The summed E-state index contributed by atoms with van der Waals surface area (Å²) in [5, 5.41) is 14.2. The Morgan fingerprint density at radius 2 is 1.85 bits per heavy atom. The zero-order valence-electron chi connectivity index (χ0n) is 18.4. The van der Waals surface area contributed by atoms with E-state index in [9.17, 15) is 22.8 Å². The summed E-state index contributed by atoms with van der Waals surface area (Å²) in [6.45, 7) is 5.59. The van der Waals surface area contributed by atoms with Gasteiger partial charge >= 0.3 is 18.2 Å². The molecule has 1 saturated heterocycles. The highest BCUT2D eigenvalue weighted by molar-refractivity contribution is 6.01. The van der Waals surface area contributed by atoms with Gasteiger partial charge in [-0.3, -0.25) is 10.1 Å². The van der Waals surface area contributed by atoms with Crippen LogP contribution in [0.15, 0.2) is 42.6 Å². The maximum atomic E-state index is 13.6. The highest BCUT2D eigenvalue weighted by Crippen LogP contribution is 2.41. The molecule has 3 unspecified atom stereocenters. The lowest BCUT2D eigenvalue weighted by atomic mass is 9.90. The number of aromatic nitrogens is 1. The molecule has 0 aliphatic carbocycles. The molecule has 1 aromatic heterocycles. The van der Waals surface area contributed by atoms with Crippen molar-refractivity contribution in [1.29, 1.82) is 0 Å². The molecule has 3 N–H and O–H groups in total. The van der Waals surface area contributed by atoms with Gasteiger partial charge in [0.15, 0.2) is 0 Å². The van der Waals surface area contributed by atoms with Crippen LogP contribution in [0.4, 0.5) is 35.2 Å². The number of carboxylic acid groups (broad SMARTS) is 1. The zero-order chi connectivity index (χ0) is 24.2. The average molecular weight is 464 g/mol. The van der Waals surface area contributed by atoms with Crippen LogP contribution in [0.1, 0.15) is 38.2 Å². The average Bonchev–Trinajstić information content (AvgIpc) is 2.71. The first-order valence-corrected chi connectivity index (χ1v) is 10.7. The van der Waals surface area contributed by atoms with Gasteiger partial charge in [0.1, 0.15) is 5.82 Å². The van der Waals surface area contributed by atoms with Crippen molar-refractivity contribution in [1.82, 2.24) is 4.98 Å². The number of nitrogens with one attached hydrogen (secondary N) is 2. The van der Waals surface area contributed by atoms with Crippen molar-refractivity contribution in [2.75, 3.05) is 28.6 Å². The van der Waals surface area contributed by atoms with Crippen molar-refractivity contribution in [2.45, 2.75) is 38.8 Å². The summed E-state index contributed by atoms with van der Waals surface area (Å²) in [4.78, 5) is 29.7. The van der Waals surface area contributed by atoms with Gasteiger partial charge in [-0.1, -0.05) is 26.0 Å². The molecular formula is C23H27F3N4O3. The molecule has 7 nitrogen and oxygen atoms in total. The molecule has 1 fully saturated rings. The highest BCUT2D eigenvalue weighted by Gasteiger charge is 2.42. The van der Waals surface area contributed by atoms with E-state index in [0.29, 0.717) is 30.6 Å². The molecule has 10 heteroatoms. The first-order chi connectivity index (χ1) is 15.5. The molecular weight excluding hydrogens is 437 g/mol. The quantitative estimate of drug-likeness (QED) is 0.537. The second-order valence-electron chi connectivity index (χ2n) is 8.61. The summed E-state index contributed by atoms with van der Waals surface area (Å²) in [6.07, 6.45) is -3.31. The van der Waals surface area contributed by atoms with Crippen LogP contribution in [0.3, 0.4) is 0 Å². The topological polar surface area (TPSA) is 94.6 Å². The monoisotopic (exact) mass is 464 g/mol. The molecule has 0 bridgehead atoms. The van der Waals surface area contributed by atoms with E-state index in [1.54, 1.807) is 18.2 Å². The van der Waals surface area contributed by atoms with Crippen LogP contribution in [-0.4, -0.2) is 41.4 Å². The van der Waals surface area contributed by atoms with E-state index in [-0.39, 0.29) is 17.1 Å². The number of nitrogens with zero attached hydrogens (tertiary/aromatic N) is 2. The molecule has 33 heavy (non-hydrogen) atoms. The number of halogens is 3. The first-order valence-electron chi connectivity index (χ1n) is 10.7. The van der Waals surface area contributed by atoms with E-state index >= 15 is 0 Å². The van der Waals surface area contributed by atoms with Gasteiger partial charge in [0.05, 0.1) is 23.7 Å². The summed E-state index contributed by atoms with van der Waals surface area (Å²) in [5.74, 6) is -2.71. The number of benzene rings is 1. The molecule has 178 valence electrons. The van der Waals surface area contributed by atoms with Crippen LogP contribution < -0.4 is 15.5 Å². The van der Waals surface area contributed by atoms with E-state index in [2.05, 4.69) is 29.5 Å². The van der Waals surface area contributed by atoms with E-state index in [4.69, 9.17) is 5.11 Å². The number of anilines is 3. The molecule has 2 heterocycles. The van der Waals surface area contributed by atoms with Crippen molar-refractivity contribution < 1.29 is 27.9 Å². The summed E-state index contributed by atoms with van der Waals surface area (Å²) in [5.41, 5.74) is 0.548. The molecule has 2 amide bonds. The van der Waals surface area contributed by atoms with E-state index in [1.807, 2.05) is 4.90 Å². The predicted octanol–water partition coefficient (Wildman–Crippen LogP) is 5.33. The number of hydrogen-bond donors (Lipinski definition) is 3. The number of rotatable bonds is 6. The van der Waals surface area contributed by atoms with E-state index in [1.165, 1.54) is 24.4 Å². The van der Waals surface area contributed by atoms with Crippen molar-refractivity contribution in [3.05, 3.63) is 48.2 Å². The lowest BCUT2D eigenvalue weighted by molar-refractivity contribution is -0.163. The lowest BCUT2D eigenvalue weighted by Crippen LogP contribution is -2.39. The number of carboxylic acids is 1. The Bertz CT molecular complexity index is 975. The first kappa shape index (κ1) is 24.3. The minimum absolute atomic E-state index is 0.182. The number of aliphatic carboxylic acids is 1. The van der Waals surface area contributed by atoms with Gasteiger partial charge in [-0.15, -0.1) is 0 Å². The van der Waals surface area contributed by atoms with Gasteiger partial charge in [0.25, 0.3) is 0 Å². The summed E-state index contributed by atoms with van der Waals surface area (Å²) >= 11 is 0. The van der Waals surface area contributed by atoms with E-state index < -0.39 is 30.5 Å². The predicted molar refractivity (Wildman–Crippen MR) is 120 cm³/mol. The summed E-state index contributed by atoms with van der Waals surface area (Å²) < 4.78 is 40.9. The standard InChI is InChI=1S/C23H27F3N4O3/c1-14-9-15(2)13-30(12-14)19-7-6-16(17(11-21(31)32)23(24,25)26)10-18(19)28-22(33)29-20-5-3-4-8-27-20/h3-8,10,14-15,17H,9,11-13H2,1-2H3,(H,31,32)(H2,27,28,29,33). The minimum atomic E-state index is -4.75. The van der Waals surface area contributed by atoms with Crippen LogP contribution in [0.25, 0.3) is 0 Å². The third kappa shape index (κ3) is 6.59. The van der Waals surface area contributed by atoms with E-state index in [0.717, 1.165) is 6.42 Å². The normalized spacial score (nSPS) is 19.6. The van der Waals surface area contributed by atoms with Crippen LogP contribution >= 0.6 is 0 Å². The third-order valence-corrected chi connectivity index (χ3v) is 5.56. The fraction of sp³-hybridized carbons (Fsp3) is 0.435. The van der Waals surface area contributed by atoms with Crippen LogP contribution in [0.5, 0.6) is 0 Å². The number of hydrogen-bond acceptors (Lipinski definition) is 4. The summed E-state index contributed by atoms with van der Waals surface area (Å²) in [6, 6.07) is 8.33. The lowest BCUT2D eigenvalue weighted by Gasteiger charge is -2.37. The van der Waals surface area contributed by atoms with Gasteiger partial charge in [-0.2, -0.15) is 13.2 Å². The molecule has 1 aromatic carbocycles. The van der Waals surface area contributed by atoms with Gasteiger partial charge < -0.3 is 15.3 Å². The number of carbonyl (C=O) groups is 2. The maximum Gasteiger partial charge on any atom is 0.396 e. The Labute approximate surface area is 190 Å². The molecule has 3 atom stereocenters. The van der Waals surface area contributed by atoms with Crippen molar-refractivity contribution >= 4 is 29.2 Å². The van der Waals surface area contributed by atoms with Gasteiger partial charge in [0, 0.05) is 19.3 Å². The largest absolute Gasteiger partial charge is 0.481 e. The summed E-state index contributed by atoms with van der Waals surface area (Å²) in [7, 11) is 0. The number of amides is 2. The van der Waals surface area contributed by atoms with Crippen molar-refractivity contribution in [3.63, 3.8) is 0 Å². The van der Waals surface area contributed by atoms with Gasteiger partial charge in [-0.05, 0) is 48.1 Å².